The molecule has 0 unspecified atom stereocenters. The molecule has 23 heavy (non-hydrogen) atoms. The van der Waals surface area contributed by atoms with Crippen molar-refractivity contribution in [1.82, 2.24) is 4.90 Å². The van der Waals surface area contributed by atoms with Crippen LogP contribution in [0.25, 0.3) is 0 Å². The molecule has 0 bridgehead atoms. The van der Waals surface area contributed by atoms with Gasteiger partial charge in [0.25, 0.3) is 0 Å². The summed E-state index contributed by atoms with van der Waals surface area (Å²) in [5.41, 5.74) is 2.93. The average Bonchev–Trinajstić information content (AvgIpc) is 3.24. The zero-order chi connectivity index (χ0) is 15.5. The van der Waals surface area contributed by atoms with Gasteiger partial charge in [-0.3, -0.25) is 4.90 Å². The van der Waals surface area contributed by atoms with Gasteiger partial charge in [-0.25, -0.2) is 0 Å². The maximum absolute atomic E-state index is 5.89. The lowest BCUT2D eigenvalue weighted by molar-refractivity contribution is 0.238. The first kappa shape index (κ1) is 14.8. The maximum Gasteiger partial charge on any atom is 0.119 e. The smallest absolute Gasteiger partial charge is 0.119 e. The van der Waals surface area contributed by atoms with Crippen LogP contribution in [0, 0.1) is 0 Å². The molecule has 2 fully saturated rings. The minimum absolute atomic E-state index is 0.691. The molecular weight excluding hydrogens is 282 g/mol. The van der Waals surface area contributed by atoms with Gasteiger partial charge in [0.15, 0.2) is 0 Å². The Labute approximate surface area is 139 Å². The van der Waals surface area contributed by atoms with E-state index < -0.39 is 0 Å². The van der Waals surface area contributed by atoms with Crippen LogP contribution in [0.2, 0.25) is 0 Å². The lowest BCUT2D eigenvalue weighted by Crippen LogP contribution is -2.25. The highest BCUT2D eigenvalue weighted by Crippen LogP contribution is 2.54. The first-order valence-corrected chi connectivity index (χ1v) is 8.90. The average molecular weight is 307 g/mol. The highest BCUT2D eigenvalue weighted by atomic mass is 16.5. The molecule has 2 aromatic rings. The number of nitrogens with zero attached hydrogens (tertiary/aromatic N) is 1. The number of benzene rings is 2. The van der Waals surface area contributed by atoms with Crippen LogP contribution in [0.4, 0.5) is 0 Å². The molecule has 0 amide bonds. The predicted octanol–water partition coefficient (Wildman–Crippen LogP) is 4.43. The van der Waals surface area contributed by atoms with Gasteiger partial charge in [0, 0.05) is 6.54 Å². The van der Waals surface area contributed by atoms with Gasteiger partial charge in [0.2, 0.25) is 0 Å². The van der Waals surface area contributed by atoms with Crippen molar-refractivity contribution in [3.05, 3.63) is 65.7 Å². The monoisotopic (exact) mass is 307 g/mol. The molecule has 0 radical (unpaired) electrons. The Kier molecular flexibility index (Phi) is 4.34. The largest absolute Gasteiger partial charge is 0.492 e. The minimum Gasteiger partial charge on any atom is -0.492 e. The molecule has 2 aromatic carbocycles. The van der Waals surface area contributed by atoms with Crippen LogP contribution in [0.15, 0.2) is 54.6 Å². The maximum atomic E-state index is 5.89. The molecular formula is C21H25NO. The molecule has 1 aliphatic carbocycles. The fourth-order valence-electron chi connectivity index (χ4n) is 3.74. The summed E-state index contributed by atoms with van der Waals surface area (Å²) in [5.74, 6) is 2.40. The van der Waals surface area contributed by atoms with E-state index in [1.54, 1.807) is 0 Å². The Balaban J connectivity index is 1.29. The van der Waals surface area contributed by atoms with Crippen LogP contribution in [0.3, 0.4) is 0 Å². The lowest BCUT2D eigenvalue weighted by atomic mass is 10.0. The third-order valence-corrected chi connectivity index (χ3v) is 5.20. The predicted molar refractivity (Wildman–Crippen MR) is 94.2 cm³/mol. The quantitative estimate of drug-likeness (QED) is 0.782. The Morgan fingerprint density at radius 2 is 1.48 bits per heavy atom. The lowest BCUT2D eigenvalue weighted by Gasteiger charge is -2.15. The summed E-state index contributed by atoms with van der Waals surface area (Å²) in [6.07, 6.45) is 3.97. The molecule has 4 rings (SSSR count). The van der Waals surface area contributed by atoms with Crippen molar-refractivity contribution in [2.24, 2.45) is 0 Å². The Bertz CT molecular complexity index is 616. The number of ether oxygens (including phenoxy) is 1. The molecule has 1 saturated carbocycles. The van der Waals surface area contributed by atoms with Gasteiger partial charge in [0.1, 0.15) is 12.4 Å². The molecule has 1 saturated heterocycles. The van der Waals surface area contributed by atoms with E-state index in [1.165, 1.54) is 43.5 Å². The van der Waals surface area contributed by atoms with E-state index in [9.17, 15) is 0 Å². The third kappa shape index (κ3) is 3.59. The zero-order valence-electron chi connectivity index (χ0n) is 13.7. The van der Waals surface area contributed by atoms with Crippen LogP contribution in [0.1, 0.15) is 42.2 Å². The van der Waals surface area contributed by atoms with Crippen molar-refractivity contribution in [1.29, 1.82) is 0 Å². The summed E-state index contributed by atoms with van der Waals surface area (Å²) in [4.78, 5) is 2.49. The van der Waals surface area contributed by atoms with E-state index in [0.29, 0.717) is 11.8 Å². The molecule has 2 atom stereocenters. The SMILES string of the molecule is c1ccc([C@@H]2C[C@H]2c2ccc(OCCN3CCCC3)cc2)cc1. The van der Waals surface area contributed by atoms with Crippen molar-refractivity contribution in [3.63, 3.8) is 0 Å². The minimum atomic E-state index is 0.691. The van der Waals surface area contributed by atoms with E-state index in [0.717, 1.165) is 18.9 Å². The van der Waals surface area contributed by atoms with Crippen LogP contribution >= 0.6 is 0 Å². The molecule has 2 aliphatic rings. The van der Waals surface area contributed by atoms with E-state index >= 15 is 0 Å². The second-order valence-corrected chi connectivity index (χ2v) is 6.83. The molecule has 0 spiro atoms. The Morgan fingerprint density at radius 3 is 2.17 bits per heavy atom. The number of hydrogen-bond acceptors (Lipinski definition) is 2. The summed E-state index contributed by atoms with van der Waals surface area (Å²) in [5, 5.41) is 0. The normalized spacial score (nSPS) is 23.8. The number of likely N-dealkylation sites (tertiary alicyclic amines) is 1. The molecule has 2 nitrogen and oxygen atoms in total. The van der Waals surface area contributed by atoms with Gasteiger partial charge >= 0.3 is 0 Å². The van der Waals surface area contributed by atoms with Gasteiger partial charge < -0.3 is 4.74 Å². The summed E-state index contributed by atoms with van der Waals surface area (Å²) >= 11 is 0. The molecule has 0 N–H and O–H groups in total. The second-order valence-electron chi connectivity index (χ2n) is 6.83. The molecule has 120 valence electrons. The highest BCUT2D eigenvalue weighted by molar-refractivity contribution is 5.38. The van der Waals surface area contributed by atoms with E-state index in [2.05, 4.69) is 59.5 Å². The van der Waals surface area contributed by atoms with E-state index in [4.69, 9.17) is 4.74 Å². The van der Waals surface area contributed by atoms with Gasteiger partial charge in [-0.1, -0.05) is 42.5 Å². The number of hydrogen-bond donors (Lipinski definition) is 0. The van der Waals surface area contributed by atoms with Crippen LogP contribution in [-0.4, -0.2) is 31.1 Å². The molecule has 0 aromatic heterocycles. The van der Waals surface area contributed by atoms with Gasteiger partial charge in [-0.15, -0.1) is 0 Å². The van der Waals surface area contributed by atoms with Crippen molar-refractivity contribution >= 4 is 0 Å². The fraction of sp³-hybridized carbons (Fsp3) is 0.429. The topological polar surface area (TPSA) is 12.5 Å². The second kappa shape index (κ2) is 6.76. The van der Waals surface area contributed by atoms with Crippen molar-refractivity contribution < 1.29 is 4.74 Å². The fourth-order valence-corrected chi connectivity index (χ4v) is 3.74. The number of rotatable bonds is 6. The van der Waals surface area contributed by atoms with Gasteiger partial charge in [-0.05, 0) is 67.4 Å². The molecule has 2 heteroatoms. The molecule has 1 heterocycles. The van der Waals surface area contributed by atoms with Crippen molar-refractivity contribution in [3.8, 4) is 5.75 Å². The van der Waals surface area contributed by atoms with Crippen LogP contribution in [0.5, 0.6) is 5.75 Å². The third-order valence-electron chi connectivity index (χ3n) is 5.20. The molecule has 1 aliphatic heterocycles. The zero-order valence-corrected chi connectivity index (χ0v) is 13.7. The highest BCUT2D eigenvalue weighted by Gasteiger charge is 2.39. The Hall–Kier alpha value is -1.80. The van der Waals surface area contributed by atoms with E-state index in [-0.39, 0.29) is 0 Å². The summed E-state index contributed by atoms with van der Waals surface area (Å²) in [6, 6.07) is 19.6. The van der Waals surface area contributed by atoms with Crippen molar-refractivity contribution in [2.45, 2.75) is 31.1 Å². The Morgan fingerprint density at radius 1 is 0.826 bits per heavy atom. The first-order valence-electron chi connectivity index (χ1n) is 8.90. The first-order chi connectivity index (χ1) is 11.4. The summed E-state index contributed by atoms with van der Waals surface area (Å²) < 4.78 is 5.89. The summed E-state index contributed by atoms with van der Waals surface area (Å²) in [7, 11) is 0. The van der Waals surface area contributed by atoms with E-state index in [1.807, 2.05) is 0 Å². The van der Waals surface area contributed by atoms with Crippen LogP contribution in [-0.2, 0) is 0 Å². The summed E-state index contributed by atoms with van der Waals surface area (Å²) in [6.45, 7) is 4.34. The standard InChI is InChI=1S/C21H25NO/c1-2-6-17(7-3-1)20-16-21(20)18-8-10-19(11-9-18)23-15-14-22-12-4-5-13-22/h1-3,6-11,20-21H,4-5,12-16H2/t20-,21-/m0/s1. The van der Waals surface area contributed by atoms with Gasteiger partial charge in [-0.2, -0.15) is 0 Å². The van der Waals surface area contributed by atoms with Gasteiger partial charge in [0.05, 0.1) is 0 Å². The van der Waals surface area contributed by atoms with Crippen LogP contribution < -0.4 is 4.74 Å². The van der Waals surface area contributed by atoms with Crippen molar-refractivity contribution in [2.75, 3.05) is 26.2 Å².